The van der Waals surface area contributed by atoms with Crippen LogP contribution in [0.1, 0.15) is 17.7 Å². The van der Waals surface area contributed by atoms with Gasteiger partial charge < -0.3 is 5.32 Å². The van der Waals surface area contributed by atoms with Crippen LogP contribution in [-0.4, -0.2) is 17.0 Å². The fourth-order valence-electron chi connectivity index (χ4n) is 1.45. The summed E-state index contributed by atoms with van der Waals surface area (Å²) in [4.78, 5) is 12.7. The smallest absolute Gasteiger partial charge is 0.234 e. The molecule has 0 aromatic carbocycles. The molecule has 1 aliphatic rings. The molecule has 2 heterocycles. The van der Waals surface area contributed by atoms with Gasteiger partial charge >= 0.3 is 0 Å². The Balaban J connectivity index is 2.13. The Morgan fingerprint density at radius 3 is 3.08 bits per heavy atom. The highest BCUT2D eigenvalue weighted by Gasteiger charge is 2.31. The highest BCUT2D eigenvalue weighted by atomic mass is 32.2. The lowest BCUT2D eigenvalue weighted by Crippen LogP contribution is -2.26. The van der Waals surface area contributed by atoms with Crippen molar-refractivity contribution in [3.8, 4) is 0 Å². The van der Waals surface area contributed by atoms with Crippen LogP contribution >= 0.6 is 23.1 Å². The van der Waals surface area contributed by atoms with E-state index in [1.807, 2.05) is 6.07 Å². The van der Waals surface area contributed by atoms with Gasteiger partial charge in [0.2, 0.25) is 5.91 Å². The maximum Gasteiger partial charge on any atom is 0.234 e. The fourth-order valence-corrected chi connectivity index (χ4v) is 3.43. The number of nitrogens with one attached hydrogen (secondary N) is 1. The molecule has 0 spiro atoms. The molecule has 2 atom stereocenters. The number of carbonyl (C=O) groups excluding carboxylic acids is 1. The van der Waals surface area contributed by atoms with Crippen molar-refractivity contribution in [2.75, 3.05) is 5.88 Å². The molecule has 2 nitrogen and oxygen atoms in total. The van der Waals surface area contributed by atoms with E-state index in [1.54, 1.807) is 23.1 Å². The summed E-state index contributed by atoms with van der Waals surface area (Å²) in [6.07, 6.45) is 0. The van der Waals surface area contributed by atoms with Crippen LogP contribution in [0, 0.1) is 0 Å². The van der Waals surface area contributed by atoms with Crippen LogP contribution in [0.3, 0.4) is 0 Å². The molecule has 2 unspecified atom stereocenters. The predicted molar refractivity (Wildman–Crippen MR) is 57.1 cm³/mol. The van der Waals surface area contributed by atoms with Crippen LogP contribution in [-0.2, 0) is 4.79 Å². The zero-order chi connectivity index (χ0) is 9.26. The van der Waals surface area contributed by atoms with E-state index in [1.165, 1.54) is 4.88 Å². The molecular weight excluding hydrogens is 202 g/mol. The van der Waals surface area contributed by atoms with Crippen molar-refractivity contribution >= 4 is 29.0 Å². The summed E-state index contributed by atoms with van der Waals surface area (Å²) >= 11 is 3.43. The molecular formula is C9H11NOS2. The summed E-state index contributed by atoms with van der Waals surface area (Å²) in [5.41, 5.74) is 0. The second kappa shape index (κ2) is 3.72. The number of hydrogen-bond acceptors (Lipinski definition) is 3. The molecule has 1 aromatic heterocycles. The second-order valence-electron chi connectivity index (χ2n) is 3.08. The van der Waals surface area contributed by atoms with Crippen LogP contribution in [0.25, 0.3) is 0 Å². The van der Waals surface area contributed by atoms with Gasteiger partial charge in [0.15, 0.2) is 0 Å². The number of amides is 1. The molecule has 1 fully saturated rings. The third-order valence-electron chi connectivity index (χ3n) is 2.21. The van der Waals surface area contributed by atoms with E-state index in [0.29, 0.717) is 5.92 Å². The zero-order valence-corrected chi connectivity index (χ0v) is 8.95. The highest BCUT2D eigenvalue weighted by Crippen LogP contribution is 2.33. The molecule has 0 saturated carbocycles. The molecule has 0 bridgehead atoms. The molecule has 1 N–H and O–H groups in total. The van der Waals surface area contributed by atoms with Crippen molar-refractivity contribution in [1.29, 1.82) is 0 Å². The van der Waals surface area contributed by atoms with Gasteiger partial charge in [0.1, 0.15) is 0 Å². The third-order valence-corrected chi connectivity index (χ3v) is 4.58. The van der Waals surface area contributed by atoms with E-state index in [0.717, 1.165) is 5.88 Å². The quantitative estimate of drug-likeness (QED) is 0.814. The number of rotatable bonds is 2. The Morgan fingerprint density at radius 1 is 1.69 bits per heavy atom. The minimum absolute atomic E-state index is 0.110. The SMILES string of the molecule is CC(c1cccs1)C1SCNC1=O. The molecule has 2 rings (SSSR count). The summed E-state index contributed by atoms with van der Waals surface area (Å²) in [6.45, 7) is 2.12. The van der Waals surface area contributed by atoms with Crippen molar-refractivity contribution in [3.63, 3.8) is 0 Å². The molecule has 13 heavy (non-hydrogen) atoms. The first-order valence-corrected chi connectivity index (χ1v) is 6.14. The third kappa shape index (κ3) is 1.74. The average Bonchev–Trinajstić information content (AvgIpc) is 2.72. The monoisotopic (exact) mass is 213 g/mol. The summed E-state index contributed by atoms with van der Waals surface area (Å²) in [5, 5.41) is 5.01. The molecule has 1 aliphatic heterocycles. The van der Waals surface area contributed by atoms with Crippen molar-refractivity contribution in [3.05, 3.63) is 22.4 Å². The minimum Gasteiger partial charge on any atom is -0.346 e. The first-order valence-electron chi connectivity index (χ1n) is 4.22. The number of carbonyl (C=O) groups is 1. The Kier molecular flexibility index (Phi) is 2.60. The largest absolute Gasteiger partial charge is 0.346 e. The van der Waals surface area contributed by atoms with E-state index < -0.39 is 0 Å². The normalized spacial score (nSPS) is 24.4. The van der Waals surface area contributed by atoms with Crippen molar-refractivity contribution in [2.24, 2.45) is 0 Å². The average molecular weight is 213 g/mol. The summed E-state index contributed by atoms with van der Waals surface area (Å²) < 4.78 is 0. The summed E-state index contributed by atoms with van der Waals surface area (Å²) in [6, 6.07) is 4.13. The maximum atomic E-state index is 11.4. The molecule has 0 aliphatic carbocycles. The van der Waals surface area contributed by atoms with Crippen LogP contribution in [0.15, 0.2) is 17.5 Å². The van der Waals surface area contributed by atoms with Crippen LogP contribution < -0.4 is 5.32 Å². The number of thiophene rings is 1. The van der Waals surface area contributed by atoms with Crippen molar-refractivity contribution in [2.45, 2.75) is 18.1 Å². The Hall–Kier alpha value is -0.480. The van der Waals surface area contributed by atoms with E-state index in [-0.39, 0.29) is 11.2 Å². The van der Waals surface area contributed by atoms with Crippen molar-refractivity contribution in [1.82, 2.24) is 5.32 Å². The highest BCUT2D eigenvalue weighted by molar-refractivity contribution is 8.01. The van der Waals surface area contributed by atoms with E-state index in [9.17, 15) is 4.79 Å². The Bertz CT molecular complexity index is 297. The first-order chi connectivity index (χ1) is 6.29. The Morgan fingerprint density at radius 2 is 2.54 bits per heavy atom. The van der Waals surface area contributed by atoms with E-state index >= 15 is 0 Å². The van der Waals surface area contributed by atoms with Gasteiger partial charge in [-0.1, -0.05) is 13.0 Å². The summed E-state index contributed by atoms with van der Waals surface area (Å²) in [7, 11) is 0. The Labute approximate surface area is 85.7 Å². The molecule has 1 saturated heterocycles. The summed E-state index contributed by atoms with van der Waals surface area (Å²) in [5.74, 6) is 1.29. The van der Waals surface area contributed by atoms with Gasteiger partial charge in [-0.2, -0.15) is 0 Å². The lowest BCUT2D eigenvalue weighted by atomic mass is 10.1. The molecule has 0 radical (unpaired) electrons. The molecule has 4 heteroatoms. The lowest BCUT2D eigenvalue weighted by Gasteiger charge is -2.13. The number of thioether (sulfide) groups is 1. The van der Waals surface area contributed by atoms with Gasteiger partial charge in [-0.3, -0.25) is 4.79 Å². The minimum atomic E-state index is 0.110. The van der Waals surface area contributed by atoms with Crippen LogP contribution in [0.5, 0.6) is 0 Å². The van der Waals surface area contributed by atoms with Crippen LogP contribution in [0.4, 0.5) is 0 Å². The first kappa shape index (κ1) is 9.09. The van der Waals surface area contributed by atoms with E-state index in [2.05, 4.69) is 23.7 Å². The molecule has 70 valence electrons. The van der Waals surface area contributed by atoms with Gasteiger partial charge in [0.05, 0.1) is 11.1 Å². The lowest BCUT2D eigenvalue weighted by molar-refractivity contribution is -0.119. The van der Waals surface area contributed by atoms with Gasteiger partial charge in [0, 0.05) is 10.8 Å². The maximum absolute atomic E-state index is 11.4. The fraction of sp³-hybridized carbons (Fsp3) is 0.444. The topological polar surface area (TPSA) is 29.1 Å². The van der Waals surface area contributed by atoms with Gasteiger partial charge in [0.25, 0.3) is 0 Å². The van der Waals surface area contributed by atoms with Gasteiger partial charge in [-0.25, -0.2) is 0 Å². The van der Waals surface area contributed by atoms with Gasteiger partial charge in [-0.15, -0.1) is 23.1 Å². The second-order valence-corrected chi connectivity index (χ2v) is 5.19. The standard InChI is InChI=1S/C9H11NOS2/c1-6(7-3-2-4-12-7)8-9(11)10-5-13-8/h2-4,6,8H,5H2,1H3,(H,10,11). The molecule has 1 amide bonds. The van der Waals surface area contributed by atoms with E-state index in [4.69, 9.17) is 0 Å². The predicted octanol–water partition coefficient (Wildman–Crippen LogP) is 2.04. The zero-order valence-electron chi connectivity index (χ0n) is 7.32. The number of hydrogen-bond donors (Lipinski definition) is 1. The van der Waals surface area contributed by atoms with Gasteiger partial charge in [-0.05, 0) is 11.4 Å². The van der Waals surface area contributed by atoms with Crippen molar-refractivity contribution < 1.29 is 4.79 Å². The van der Waals surface area contributed by atoms with Crippen LogP contribution in [0.2, 0.25) is 0 Å². The molecule has 1 aromatic rings.